The third-order valence-electron chi connectivity index (χ3n) is 3.15. The van der Waals surface area contributed by atoms with Crippen molar-refractivity contribution in [1.29, 1.82) is 0 Å². The Hall–Kier alpha value is -1.02. The van der Waals surface area contributed by atoms with Gasteiger partial charge in [-0.15, -0.1) is 0 Å². The molecular formula is C13H18O2. The van der Waals surface area contributed by atoms with Gasteiger partial charge < -0.3 is 9.47 Å². The SMILES string of the molecule is COc1cccc(C2(C)CCCCO2)c1. The summed E-state index contributed by atoms with van der Waals surface area (Å²) in [5.74, 6) is 0.905. The standard InChI is InChI=1S/C13H18O2/c1-13(8-3-4-9-15-13)11-6-5-7-12(10-11)14-2/h5-7,10H,3-4,8-9H2,1-2H3. The van der Waals surface area contributed by atoms with E-state index in [1.807, 2.05) is 12.1 Å². The lowest BCUT2D eigenvalue weighted by molar-refractivity contribution is -0.0702. The Bertz CT molecular complexity index is 327. The number of ether oxygens (including phenoxy) is 2. The van der Waals surface area contributed by atoms with Gasteiger partial charge in [0.25, 0.3) is 0 Å². The highest BCUT2D eigenvalue weighted by Gasteiger charge is 2.29. The second kappa shape index (κ2) is 4.23. The van der Waals surface area contributed by atoms with Crippen LogP contribution in [0.1, 0.15) is 31.7 Å². The summed E-state index contributed by atoms with van der Waals surface area (Å²) in [5, 5.41) is 0. The van der Waals surface area contributed by atoms with Crippen LogP contribution in [0.5, 0.6) is 5.75 Å². The van der Waals surface area contributed by atoms with Gasteiger partial charge in [-0.25, -0.2) is 0 Å². The average Bonchev–Trinajstić information content (AvgIpc) is 2.30. The first-order chi connectivity index (χ1) is 7.24. The van der Waals surface area contributed by atoms with Gasteiger partial charge in [0.05, 0.1) is 12.7 Å². The van der Waals surface area contributed by atoms with Crippen LogP contribution in [0, 0.1) is 0 Å². The molecule has 1 atom stereocenters. The second-order valence-corrected chi connectivity index (χ2v) is 4.27. The summed E-state index contributed by atoms with van der Waals surface area (Å²) >= 11 is 0. The first-order valence-corrected chi connectivity index (χ1v) is 5.53. The lowest BCUT2D eigenvalue weighted by Crippen LogP contribution is -2.30. The topological polar surface area (TPSA) is 18.5 Å². The van der Waals surface area contributed by atoms with E-state index in [9.17, 15) is 0 Å². The van der Waals surface area contributed by atoms with Crippen LogP contribution < -0.4 is 4.74 Å². The van der Waals surface area contributed by atoms with Gasteiger partial charge in [0.2, 0.25) is 0 Å². The van der Waals surface area contributed by atoms with Gasteiger partial charge in [0, 0.05) is 6.61 Å². The second-order valence-electron chi connectivity index (χ2n) is 4.27. The predicted octanol–water partition coefficient (Wildman–Crippen LogP) is 3.11. The molecule has 1 aromatic rings. The molecule has 1 aliphatic rings. The van der Waals surface area contributed by atoms with Crippen LogP contribution in [0.4, 0.5) is 0 Å². The van der Waals surface area contributed by atoms with E-state index in [-0.39, 0.29) is 5.60 Å². The number of rotatable bonds is 2. The fourth-order valence-corrected chi connectivity index (χ4v) is 2.11. The molecule has 1 fully saturated rings. The average molecular weight is 206 g/mol. The molecule has 2 rings (SSSR count). The molecule has 1 aliphatic heterocycles. The first-order valence-electron chi connectivity index (χ1n) is 5.53. The maximum Gasteiger partial charge on any atom is 0.119 e. The maximum absolute atomic E-state index is 5.90. The lowest BCUT2D eigenvalue weighted by atomic mass is 9.88. The van der Waals surface area contributed by atoms with Crippen molar-refractivity contribution in [2.75, 3.05) is 13.7 Å². The quantitative estimate of drug-likeness (QED) is 0.740. The van der Waals surface area contributed by atoms with E-state index >= 15 is 0 Å². The van der Waals surface area contributed by atoms with E-state index in [0.29, 0.717) is 0 Å². The smallest absolute Gasteiger partial charge is 0.119 e. The zero-order valence-corrected chi connectivity index (χ0v) is 9.45. The molecule has 0 aromatic heterocycles. The molecule has 0 aliphatic carbocycles. The molecule has 1 saturated heterocycles. The van der Waals surface area contributed by atoms with E-state index in [0.717, 1.165) is 18.8 Å². The Morgan fingerprint density at radius 1 is 1.33 bits per heavy atom. The summed E-state index contributed by atoms with van der Waals surface area (Å²) in [6.07, 6.45) is 3.52. The summed E-state index contributed by atoms with van der Waals surface area (Å²) in [6, 6.07) is 8.19. The maximum atomic E-state index is 5.90. The normalized spacial score (nSPS) is 26.3. The van der Waals surface area contributed by atoms with E-state index < -0.39 is 0 Å². The van der Waals surface area contributed by atoms with Crippen LogP contribution in [-0.2, 0) is 10.3 Å². The van der Waals surface area contributed by atoms with E-state index in [1.165, 1.54) is 18.4 Å². The van der Waals surface area contributed by atoms with Crippen molar-refractivity contribution in [3.8, 4) is 5.75 Å². The summed E-state index contributed by atoms with van der Waals surface area (Å²) in [5.41, 5.74) is 1.11. The molecule has 0 spiro atoms. The monoisotopic (exact) mass is 206 g/mol. The summed E-state index contributed by atoms with van der Waals surface area (Å²) in [4.78, 5) is 0. The Balaban J connectivity index is 2.26. The Morgan fingerprint density at radius 2 is 2.20 bits per heavy atom. The molecule has 82 valence electrons. The largest absolute Gasteiger partial charge is 0.497 e. The molecule has 2 heteroatoms. The van der Waals surface area contributed by atoms with Crippen molar-refractivity contribution in [1.82, 2.24) is 0 Å². The van der Waals surface area contributed by atoms with Crippen molar-refractivity contribution in [3.63, 3.8) is 0 Å². The molecule has 2 nitrogen and oxygen atoms in total. The Kier molecular flexibility index (Phi) is 2.96. The molecule has 15 heavy (non-hydrogen) atoms. The highest BCUT2D eigenvalue weighted by atomic mass is 16.5. The van der Waals surface area contributed by atoms with Crippen molar-refractivity contribution in [3.05, 3.63) is 29.8 Å². The van der Waals surface area contributed by atoms with Gasteiger partial charge in [-0.3, -0.25) is 0 Å². The third kappa shape index (κ3) is 2.15. The fraction of sp³-hybridized carbons (Fsp3) is 0.538. The molecule has 0 saturated carbocycles. The highest BCUT2D eigenvalue weighted by Crippen LogP contribution is 2.35. The van der Waals surface area contributed by atoms with Gasteiger partial charge in [-0.2, -0.15) is 0 Å². The van der Waals surface area contributed by atoms with Crippen LogP contribution in [-0.4, -0.2) is 13.7 Å². The van der Waals surface area contributed by atoms with E-state index in [4.69, 9.17) is 9.47 Å². The minimum absolute atomic E-state index is 0.118. The van der Waals surface area contributed by atoms with Crippen LogP contribution in [0.15, 0.2) is 24.3 Å². The number of hydrogen-bond acceptors (Lipinski definition) is 2. The number of hydrogen-bond donors (Lipinski definition) is 0. The molecule has 0 N–H and O–H groups in total. The molecule has 1 aromatic carbocycles. The lowest BCUT2D eigenvalue weighted by Gasteiger charge is -2.34. The van der Waals surface area contributed by atoms with Crippen LogP contribution in [0.2, 0.25) is 0 Å². The summed E-state index contributed by atoms with van der Waals surface area (Å²) < 4.78 is 11.1. The third-order valence-corrected chi connectivity index (χ3v) is 3.15. The Morgan fingerprint density at radius 3 is 2.87 bits per heavy atom. The van der Waals surface area contributed by atoms with Crippen LogP contribution in [0.3, 0.4) is 0 Å². The van der Waals surface area contributed by atoms with Gasteiger partial charge in [0.1, 0.15) is 5.75 Å². The predicted molar refractivity (Wildman–Crippen MR) is 60.1 cm³/mol. The van der Waals surface area contributed by atoms with E-state index in [2.05, 4.69) is 19.1 Å². The zero-order valence-electron chi connectivity index (χ0n) is 9.45. The fourth-order valence-electron chi connectivity index (χ4n) is 2.11. The number of methoxy groups -OCH3 is 1. The zero-order chi connectivity index (χ0) is 10.7. The van der Waals surface area contributed by atoms with Crippen molar-refractivity contribution in [2.45, 2.75) is 31.8 Å². The van der Waals surface area contributed by atoms with Gasteiger partial charge >= 0.3 is 0 Å². The van der Waals surface area contributed by atoms with Crippen molar-refractivity contribution >= 4 is 0 Å². The van der Waals surface area contributed by atoms with E-state index in [1.54, 1.807) is 7.11 Å². The van der Waals surface area contributed by atoms with Crippen molar-refractivity contribution in [2.24, 2.45) is 0 Å². The number of benzene rings is 1. The summed E-state index contributed by atoms with van der Waals surface area (Å²) in [7, 11) is 1.70. The summed E-state index contributed by atoms with van der Waals surface area (Å²) in [6.45, 7) is 3.04. The molecule has 1 unspecified atom stereocenters. The molecule has 0 bridgehead atoms. The van der Waals surface area contributed by atoms with Crippen LogP contribution in [0.25, 0.3) is 0 Å². The molecule has 0 radical (unpaired) electrons. The van der Waals surface area contributed by atoms with Crippen LogP contribution >= 0.6 is 0 Å². The van der Waals surface area contributed by atoms with Crippen molar-refractivity contribution < 1.29 is 9.47 Å². The first kappa shape index (κ1) is 10.5. The van der Waals surface area contributed by atoms with Gasteiger partial charge in [0.15, 0.2) is 0 Å². The van der Waals surface area contributed by atoms with Gasteiger partial charge in [-0.05, 0) is 43.9 Å². The minimum atomic E-state index is -0.118. The molecule has 0 amide bonds. The molecular weight excluding hydrogens is 188 g/mol. The highest BCUT2D eigenvalue weighted by molar-refractivity contribution is 5.32. The minimum Gasteiger partial charge on any atom is -0.497 e. The van der Waals surface area contributed by atoms with Gasteiger partial charge in [-0.1, -0.05) is 12.1 Å². The molecule has 1 heterocycles. The Labute approximate surface area is 91.2 Å².